The summed E-state index contributed by atoms with van der Waals surface area (Å²) in [6, 6.07) is 11.9. The summed E-state index contributed by atoms with van der Waals surface area (Å²) in [4.78, 5) is 22.5. The molecule has 0 bridgehead atoms. The van der Waals surface area contributed by atoms with Gasteiger partial charge in [0.15, 0.2) is 6.61 Å². The first-order valence-electron chi connectivity index (χ1n) is 6.70. The molecular weight excluding hydrogens is 284 g/mol. The van der Waals surface area contributed by atoms with Crippen molar-refractivity contribution < 1.29 is 14.5 Å². The minimum absolute atomic E-state index is 0.129. The first-order chi connectivity index (χ1) is 10.5. The first kappa shape index (κ1) is 15.5. The van der Waals surface area contributed by atoms with E-state index in [-0.39, 0.29) is 18.0 Å². The van der Waals surface area contributed by atoms with E-state index in [1.54, 1.807) is 37.3 Å². The fourth-order valence-corrected chi connectivity index (χ4v) is 1.90. The number of nitro benzene ring substituents is 1. The lowest BCUT2D eigenvalue weighted by atomic mass is 10.1. The van der Waals surface area contributed by atoms with Crippen molar-refractivity contribution >= 4 is 17.3 Å². The van der Waals surface area contributed by atoms with E-state index in [9.17, 15) is 14.9 Å². The maximum absolute atomic E-state index is 11.9. The number of amides is 1. The molecule has 0 fully saturated rings. The lowest BCUT2D eigenvalue weighted by Gasteiger charge is -2.10. The van der Waals surface area contributed by atoms with Crippen molar-refractivity contribution in [2.45, 2.75) is 13.8 Å². The van der Waals surface area contributed by atoms with Crippen molar-refractivity contribution in [1.82, 2.24) is 0 Å². The highest BCUT2D eigenvalue weighted by Gasteiger charge is 2.17. The number of nitrogens with one attached hydrogen (secondary N) is 1. The fourth-order valence-electron chi connectivity index (χ4n) is 1.90. The molecule has 0 saturated heterocycles. The lowest BCUT2D eigenvalue weighted by molar-refractivity contribution is -0.384. The van der Waals surface area contributed by atoms with Gasteiger partial charge in [-0.1, -0.05) is 18.2 Å². The number of nitrogens with zero attached hydrogens (tertiary/aromatic N) is 1. The normalized spacial score (nSPS) is 10.1. The van der Waals surface area contributed by atoms with Crippen molar-refractivity contribution in [1.29, 1.82) is 0 Å². The molecule has 0 spiro atoms. The highest BCUT2D eigenvalue weighted by molar-refractivity contribution is 5.94. The number of carbonyl (C=O) groups excluding carboxylic acids is 1. The number of benzene rings is 2. The molecule has 0 aliphatic carbocycles. The smallest absolute Gasteiger partial charge is 0.293 e. The van der Waals surface area contributed by atoms with Crippen molar-refractivity contribution in [3.63, 3.8) is 0 Å². The van der Waals surface area contributed by atoms with Gasteiger partial charge >= 0.3 is 0 Å². The summed E-state index contributed by atoms with van der Waals surface area (Å²) >= 11 is 0. The topological polar surface area (TPSA) is 81.5 Å². The Hall–Kier alpha value is -2.89. The lowest BCUT2D eigenvalue weighted by Crippen LogP contribution is -2.20. The molecule has 22 heavy (non-hydrogen) atoms. The third-order valence-corrected chi connectivity index (χ3v) is 3.20. The Labute approximate surface area is 127 Å². The van der Waals surface area contributed by atoms with Crippen molar-refractivity contribution in [3.8, 4) is 5.75 Å². The van der Waals surface area contributed by atoms with Crippen LogP contribution in [0.2, 0.25) is 0 Å². The Morgan fingerprint density at radius 2 is 1.82 bits per heavy atom. The van der Waals surface area contributed by atoms with Gasteiger partial charge in [0.25, 0.3) is 11.6 Å². The number of nitro groups is 1. The van der Waals surface area contributed by atoms with Gasteiger partial charge in [-0.25, -0.2) is 0 Å². The minimum atomic E-state index is -0.514. The Kier molecular flexibility index (Phi) is 4.73. The van der Waals surface area contributed by atoms with E-state index in [1.807, 2.05) is 13.0 Å². The Morgan fingerprint density at radius 3 is 2.45 bits per heavy atom. The molecular formula is C16H16N2O4. The van der Waals surface area contributed by atoms with Crippen LogP contribution in [0, 0.1) is 24.0 Å². The van der Waals surface area contributed by atoms with Crippen LogP contribution in [0.3, 0.4) is 0 Å². The molecule has 6 heteroatoms. The predicted octanol–water partition coefficient (Wildman–Crippen LogP) is 3.23. The van der Waals surface area contributed by atoms with Gasteiger partial charge in [0.05, 0.1) is 4.92 Å². The third-order valence-electron chi connectivity index (χ3n) is 3.20. The number of carbonyl (C=O) groups is 1. The molecule has 0 aliphatic rings. The summed E-state index contributed by atoms with van der Waals surface area (Å²) in [5, 5.41) is 13.6. The van der Waals surface area contributed by atoms with Gasteiger partial charge in [0, 0.05) is 6.07 Å². The molecule has 2 rings (SSSR count). The standard InChI is InChI=1S/C16H16N2O4/c1-11-8-14(15(18(20)21)9-12(11)2)17-16(19)10-22-13-6-4-3-5-7-13/h3-9H,10H2,1-2H3,(H,17,19). The van der Waals surface area contributed by atoms with E-state index in [0.29, 0.717) is 5.75 Å². The van der Waals surface area contributed by atoms with Crippen LogP contribution in [0.4, 0.5) is 11.4 Å². The molecule has 6 nitrogen and oxygen atoms in total. The number of anilines is 1. The molecule has 0 saturated carbocycles. The number of aryl methyl sites for hydroxylation is 2. The van der Waals surface area contributed by atoms with Gasteiger partial charge in [-0.2, -0.15) is 0 Å². The Bertz CT molecular complexity index is 699. The molecule has 2 aromatic carbocycles. The zero-order valence-corrected chi connectivity index (χ0v) is 12.3. The van der Waals surface area contributed by atoms with E-state index in [1.165, 1.54) is 6.07 Å². The molecule has 0 atom stereocenters. The van der Waals surface area contributed by atoms with E-state index < -0.39 is 10.8 Å². The summed E-state index contributed by atoms with van der Waals surface area (Å²) in [5.41, 5.74) is 1.71. The molecule has 0 radical (unpaired) electrons. The van der Waals surface area contributed by atoms with Crippen LogP contribution in [0.1, 0.15) is 11.1 Å². The van der Waals surface area contributed by atoms with Gasteiger partial charge in [0.1, 0.15) is 11.4 Å². The molecule has 114 valence electrons. The van der Waals surface area contributed by atoms with Gasteiger partial charge in [-0.15, -0.1) is 0 Å². The predicted molar refractivity (Wildman–Crippen MR) is 83.1 cm³/mol. The molecule has 0 unspecified atom stereocenters. The Morgan fingerprint density at radius 1 is 1.18 bits per heavy atom. The summed E-state index contributed by atoms with van der Waals surface area (Å²) < 4.78 is 5.31. The quantitative estimate of drug-likeness (QED) is 0.679. The molecule has 2 aromatic rings. The van der Waals surface area contributed by atoms with Crippen LogP contribution >= 0.6 is 0 Å². The summed E-state index contributed by atoms with van der Waals surface area (Å²) in [6.45, 7) is 3.40. The van der Waals surface area contributed by atoms with Crippen LogP contribution in [0.15, 0.2) is 42.5 Å². The second kappa shape index (κ2) is 6.71. The summed E-state index contributed by atoms with van der Waals surface area (Å²) in [5.74, 6) is 0.113. The van der Waals surface area contributed by atoms with Crippen LogP contribution in [0.5, 0.6) is 5.75 Å². The van der Waals surface area contributed by atoms with E-state index in [2.05, 4.69) is 5.32 Å². The number of rotatable bonds is 5. The zero-order valence-electron chi connectivity index (χ0n) is 12.3. The second-order valence-corrected chi connectivity index (χ2v) is 4.86. The van der Waals surface area contributed by atoms with Crippen LogP contribution in [-0.2, 0) is 4.79 Å². The van der Waals surface area contributed by atoms with Gasteiger partial charge in [-0.05, 0) is 43.2 Å². The maximum Gasteiger partial charge on any atom is 0.293 e. The van der Waals surface area contributed by atoms with Gasteiger partial charge in [0.2, 0.25) is 0 Å². The molecule has 0 heterocycles. The van der Waals surface area contributed by atoms with Crippen molar-refractivity contribution in [2.24, 2.45) is 0 Å². The average Bonchev–Trinajstić information content (AvgIpc) is 2.49. The monoisotopic (exact) mass is 300 g/mol. The minimum Gasteiger partial charge on any atom is -0.484 e. The third kappa shape index (κ3) is 3.82. The van der Waals surface area contributed by atoms with Gasteiger partial charge in [-0.3, -0.25) is 14.9 Å². The van der Waals surface area contributed by atoms with Crippen molar-refractivity contribution in [2.75, 3.05) is 11.9 Å². The highest BCUT2D eigenvalue weighted by atomic mass is 16.6. The number of hydrogen-bond acceptors (Lipinski definition) is 4. The van der Waals surface area contributed by atoms with Gasteiger partial charge < -0.3 is 10.1 Å². The van der Waals surface area contributed by atoms with Crippen LogP contribution in [0.25, 0.3) is 0 Å². The SMILES string of the molecule is Cc1cc(NC(=O)COc2ccccc2)c([N+](=O)[O-])cc1C. The highest BCUT2D eigenvalue weighted by Crippen LogP contribution is 2.27. The fraction of sp³-hybridized carbons (Fsp3) is 0.188. The number of para-hydroxylation sites is 1. The van der Waals surface area contributed by atoms with E-state index >= 15 is 0 Å². The van der Waals surface area contributed by atoms with E-state index in [0.717, 1.165) is 11.1 Å². The largest absolute Gasteiger partial charge is 0.484 e. The zero-order chi connectivity index (χ0) is 16.1. The molecule has 0 aromatic heterocycles. The van der Waals surface area contributed by atoms with E-state index in [4.69, 9.17) is 4.74 Å². The molecule has 1 amide bonds. The summed E-state index contributed by atoms with van der Waals surface area (Å²) in [7, 11) is 0. The number of hydrogen-bond donors (Lipinski definition) is 1. The van der Waals surface area contributed by atoms with Crippen molar-refractivity contribution in [3.05, 3.63) is 63.7 Å². The maximum atomic E-state index is 11.9. The molecule has 1 N–H and O–H groups in total. The van der Waals surface area contributed by atoms with Crippen LogP contribution in [-0.4, -0.2) is 17.4 Å². The summed E-state index contributed by atoms with van der Waals surface area (Å²) in [6.07, 6.45) is 0. The first-order valence-corrected chi connectivity index (χ1v) is 6.70. The molecule has 0 aliphatic heterocycles. The second-order valence-electron chi connectivity index (χ2n) is 4.86. The Balaban J connectivity index is 2.08. The number of ether oxygens (including phenoxy) is 1. The average molecular weight is 300 g/mol. The van der Waals surface area contributed by atoms with Crippen LogP contribution < -0.4 is 10.1 Å².